The quantitative estimate of drug-likeness (QED) is 0.719. The Morgan fingerprint density at radius 3 is 2.62 bits per heavy atom. The molecule has 0 aliphatic carbocycles. The number of thiophene rings is 1. The molecule has 0 spiro atoms. The molecule has 1 amide bonds. The van der Waals surface area contributed by atoms with Gasteiger partial charge >= 0.3 is 0 Å². The van der Waals surface area contributed by atoms with Crippen LogP contribution in [-0.4, -0.2) is 35.6 Å². The van der Waals surface area contributed by atoms with Crippen LogP contribution in [0.3, 0.4) is 0 Å². The van der Waals surface area contributed by atoms with Gasteiger partial charge in [-0.2, -0.15) is 0 Å². The van der Waals surface area contributed by atoms with Crippen LogP contribution in [-0.2, 0) is 6.54 Å². The fourth-order valence-corrected chi connectivity index (χ4v) is 4.14. The number of hydrogen-bond acceptors (Lipinski definition) is 3. The van der Waals surface area contributed by atoms with Crippen molar-refractivity contribution in [3.63, 3.8) is 0 Å². The molecule has 4 rings (SSSR count). The predicted octanol–water partition coefficient (Wildman–Crippen LogP) is 4.00. The minimum absolute atomic E-state index is 0.157. The summed E-state index contributed by atoms with van der Waals surface area (Å²) in [5.74, 6) is 1.00. The van der Waals surface area contributed by atoms with Crippen LogP contribution in [0.5, 0.6) is 5.75 Å². The Bertz CT molecular complexity index is 857. The number of carbonyl (C=O) groups excluding carboxylic acids is 1. The molecule has 24 heavy (non-hydrogen) atoms. The van der Waals surface area contributed by atoms with Crippen molar-refractivity contribution in [3.8, 4) is 5.75 Å². The van der Waals surface area contributed by atoms with Crippen molar-refractivity contribution in [3.05, 3.63) is 53.0 Å². The molecular weight excluding hydrogens is 320 g/mol. The number of benzene rings is 1. The van der Waals surface area contributed by atoms with E-state index in [0.29, 0.717) is 6.54 Å². The first kappa shape index (κ1) is 15.3. The lowest BCUT2D eigenvalue weighted by Gasteiger charge is -2.17. The molecule has 0 N–H and O–H groups in total. The standard InChI is InChI=1S/C19H20N2O2S/c1-23-15-6-4-14(5-7-15)13-21-16-8-11-24-18(16)12-17(21)19(22)20-9-2-3-10-20/h4-8,11-12H,2-3,9-10,13H2,1H3. The van der Waals surface area contributed by atoms with Gasteiger partial charge in [0.15, 0.2) is 0 Å². The average molecular weight is 340 g/mol. The molecule has 1 aliphatic heterocycles. The molecule has 1 fully saturated rings. The molecule has 5 heteroatoms. The van der Waals surface area contributed by atoms with Crippen molar-refractivity contribution in [2.45, 2.75) is 19.4 Å². The SMILES string of the molecule is COc1ccc(Cn2c(C(=O)N3CCCC3)cc3sccc32)cc1. The molecule has 124 valence electrons. The number of methoxy groups -OCH3 is 1. The van der Waals surface area contributed by atoms with Crippen molar-refractivity contribution in [2.75, 3.05) is 20.2 Å². The second kappa shape index (κ2) is 6.32. The van der Waals surface area contributed by atoms with E-state index in [9.17, 15) is 4.79 Å². The molecule has 1 aliphatic rings. The van der Waals surface area contributed by atoms with Crippen LogP contribution < -0.4 is 4.74 Å². The Kier molecular flexibility index (Phi) is 4.02. The zero-order chi connectivity index (χ0) is 16.5. The Morgan fingerprint density at radius 2 is 1.92 bits per heavy atom. The maximum Gasteiger partial charge on any atom is 0.270 e. The summed E-state index contributed by atoms with van der Waals surface area (Å²) in [6.07, 6.45) is 2.22. The predicted molar refractivity (Wildman–Crippen MR) is 97.0 cm³/mol. The third kappa shape index (κ3) is 2.69. The van der Waals surface area contributed by atoms with E-state index in [1.807, 2.05) is 23.1 Å². The van der Waals surface area contributed by atoms with Gasteiger partial charge in [-0.1, -0.05) is 12.1 Å². The summed E-state index contributed by atoms with van der Waals surface area (Å²) in [4.78, 5) is 14.9. The van der Waals surface area contributed by atoms with Crippen LogP contribution in [0.2, 0.25) is 0 Å². The molecule has 0 bridgehead atoms. The van der Waals surface area contributed by atoms with Gasteiger partial charge in [0.2, 0.25) is 0 Å². The topological polar surface area (TPSA) is 34.5 Å². The summed E-state index contributed by atoms with van der Waals surface area (Å²) in [5, 5.41) is 2.08. The maximum absolute atomic E-state index is 12.9. The monoisotopic (exact) mass is 340 g/mol. The number of likely N-dealkylation sites (tertiary alicyclic amines) is 1. The Balaban J connectivity index is 1.70. The van der Waals surface area contributed by atoms with Gasteiger partial charge in [-0.25, -0.2) is 0 Å². The van der Waals surface area contributed by atoms with E-state index < -0.39 is 0 Å². The summed E-state index contributed by atoms with van der Waals surface area (Å²) in [6.45, 7) is 2.44. The number of fused-ring (bicyclic) bond motifs is 1. The molecule has 4 nitrogen and oxygen atoms in total. The molecule has 1 aromatic carbocycles. The number of hydrogen-bond donors (Lipinski definition) is 0. The number of aromatic nitrogens is 1. The number of carbonyl (C=O) groups is 1. The number of rotatable bonds is 4. The van der Waals surface area contributed by atoms with Gasteiger partial charge in [0, 0.05) is 19.6 Å². The largest absolute Gasteiger partial charge is 0.497 e. The van der Waals surface area contributed by atoms with Crippen LogP contribution in [0, 0.1) is 0 Å². The zero-order valence-electron chi connectivity index (χ0n) is 13.7. The van der Waals surface area contributed by atoms with Crippen molar-refractivity contribution in [1.29, 1.82) is 0 Å². The molecule has 0 atom stereocenters. The van der Waals surface area contributed by atoms with E-state index in [0.717, 1.165) is 48.5 Å². The summed E-state index contributed by atoms with van der Waals surface area (Å²) in [5.41, 5.74) is 3.10. The Hall–Kier alpha value is -2.27. The molecule has 2 aromatic heterocycles. The van der Waals surface area contributed by atoms with Crippen LogP contribution in [0.15, 0.2) is 41.8 Å². The van der Waals surface area contributed by atoms with Gasteiger partial charge < -0.3 is 14.2 Å². The molecular formula is C19H20N2O2S. The highest BCUT2D eigenvalue weighted by Crippen LogP contribution is 2.28. The second-order valence-corrected chi connectivity index (χ2v) is 7.08. The maximum atomic E-state index is 12.9. The van der Waals surface area contributed by atoms with Gasteiger partial charge in [-0.05, 0) is 48.1 Å². The molecule has 0 saturated carbocycles. The molecule has 0 radical (unpaired) electrons. The lowest BCUT2D eigenvalue weighted by molar-refractivity contribution is 0.0783. The fourth-order valence-electron chi connectivity index (χ4n) is 3.32. The second-order valence-electron chi connectivity index (χ2n) is 6.13. The van der Waals surface area contributed by atoms with Crippen molar-refractivity contribution < 1.29 is 9.53 Å². The van der Waals surface area contributed by atoms with E-state index in [1.54, 1.807) is 18.4 Å². The van der Waals surface area contributed by atoms with Crippen molar-refractivity contribution in [1.82, 2.24) is 9.47 Å². The van der Waals surface area contributed by atoms with E-state index in [4.69, 9.17) is 4.74 Å². The highest BCUT2D eigenvalue weighted by Gasteiger charge is 2.24. The van der Waals surface area contributed by atoms with Crippen LogP contribution >= 0.6 is 11.3 Å². The highest BCUT2D eigenvalue weighted by atomic mass is 32.1. The molecule has 1 saturated heterocycles. The first-order valence-corrected chi connectivity index (χ1v) is 9.13. The lowest BCUT2D eigenvalue weighted by Crippen LogP contribution is -2.29. The van der Waals surface area contributed by atoms with Crippen molar-refractivity contribution in [2.24, 2.45) is 0 Å². The van der Waals surface area contributed by atoms with Gasteiger partial charge in [-0.15, -0.1) is 11.3 Å². The third-order valence-corrected chi connectivity index (χ3v) is 5.49. The van der Waals surface area contributed by atoms with Crippen LogP contribution in [0.1, 0.15) is 28.9 Å². The normalized spacial score (nSPS) is 14.5. The lowest BCUT2D eigenvalue weighted by atomic mass is 10.2. The molecule has 3 aromatic rings. The molecule has 0 unspecified atom stereocenters. The van der Waals surface area contributed by atoms with Gasteiger partial charge in [0.05, 0.1) is 17.3 Å². The number of amides is 1. The fraction of sp³-hybridized carbons (Fsp3) is 0.316. The summed E-state index contributed by atoms with van der Waals surface area (Å²) >= 11 is 1.69. The zero-order valence-corrected chi connectivity index (χ0v) is 14.5. The van der Waals surface area contributed by atoms with E-state index >= 15 is 0 Å². The Labute approximate surface area is 145 Å². The van der Waals surface area contributed by atoms with Crippen molar-refractivity contribution >= 4 is 27.5 Å². The minimum atomic E-state index is 0.157. The van der Waals surface area contributed by atoms with Crippen LogP contribution in [0.4, 0.5) is 0 Å². The first-order valence-electron chi connectivity index (χ1n) is 8.25. The minimum Gasteiger partial charge on any atom is -0.497 e. The van der Waals surface area contributed by atoms with E-state index in [1.165, 1.54) is 4.70 Å². The summed E-state index contributed by atoms with van der Waals surface area (Å²) < 4.78 is 8.55. The summed E-state index contributed by atoms with van der Waals surface area (Å²) in [7, 11) is 1.67. The smallest absolute Gasteiger partial charge is 0.270 e. The number of ether oxygens (including phenoxy) is 1. The van der Waals surface area contributed by atoms with E-state index in [-0.39, 0.29) is 5.91 Å². The molecule has 3 heterocycles. The highest BCUT2D eigenvalue weighted by molar-refractivity contribution is 7.17. The average Bonchev–Trinajstić information content (AvgIpc) is 3.34. The third-order valence-electron chi connectivity index (χ3n) is 4.63. The van der Waals surface area contributed by atoms with E-state index in [2.05, 4.69) is 28.1 Å². The first-order chi connectivity index (χ1) is 11.8. The van der Waals surface area contributed by atoms with Gasteiger partial charge in [0.25, 0.3) is 5.91 Å². The Morgan fingerprint density at radius 1 is 1.17 bits per heavy atom. The number of nitrogens with zero attached hydrogens (tertiary/aromatic N) is 2. The van der Waals surface area contributed by atoms with Crippen LogP contribution in [0.25, 0.3) is 10.2 Å². The van der Waals surface area contributed by atoms with Gasteiger partial charge in [0.1, 0.15) is 11.4 Å². The van der Waals surface area contributed by atoms with Gasteiger partial charge in [-0.3, -0.25) is 4.79 Å². The summed E-state index contributed by atoms with van der Waals surface area (Å²) in [6, 6.07) is 12.2.